The molecule has 0 saturated carbocycles. The summed E-state index contributed by atoms with van der Waals surface area (Å²) in [6, 6.07) is 19.6. The van der Waals surface area contributed by atoms with Gasteiger partial charge in [-0.3, -0.25) is 9.69 Å². The van der Waals surface area contributed by atoms with Gasteiger partial charge >= 0.3 is 0 Å². The fourth-order valence-electron chi connectivity index (χ4n) is 2.42. The lowest BCUT2D eigenvalue weighted by Gasteiger charge is -2.20. The predicted molar refractivity (Wildman–Crippen MR) is 101 cm³/mol. The summed E-state index contributed by atoms with van der Waals surface area (Å²) < 4.78 is 5.65. The zero-order valence-electron chi connectivity index (χ0n) is 14.1. The van der Waals surface area contributed by atoms with Crippen LogP contribution in [0.25, 0.3) is 0 Å². The van der Waals surface area contributed by atoms with Crippen LogP contribution in [0.3, 0.4) is 0 Å². The summed E-state index contributed by atoms with van der Waals surface area (Å²) in [5.41, 5.74) is 2.84. The van der Waals surface area contributed by atoms with E-state index >= 15 is 0 Å². The largest absolute Gasteiger partial charge is 0.376 e. The number of rotatable bonds is 7. The molecular weight excluding hydrogens is 332 g/mol. The molecule has 0 unspecified atom stereocenters. The molecule has 0 aliphatic carbocycles. The molecule has 5 heteroatoms. The molecule has 1 heterocycles. The Morgan fingerprint density at radius 1 is 1.08 bits per heavy atom. The first-order chi connectivity index (χ1) is 12.2. The Labute approximate surface area is 151 Å². The van der Waals surface area contributed by atoms with E-state index in [1.54, 1.807) is 4.90 Å². The number of carbonyl (C=O) groups excluding carboxylic acids is 1. The molecule has 0 spiro atoms. The molecule has 3 aromatic rings. The third-order valence-corrected chi connectivity index (χ3v) is 4.58. The minimum Gasteiger partial charge on any atom is -0.376 e. The molecule has 2 aromatic carbocycles. The molecule has 0 aliphatic rings. The van der Waals surface area contributed by atoms with E-state index in [2.05, 4.69) is 4.98 Å². The van der Waals surface area contributed by atoms with Gasteiger partial charge in [0.05, 0.1) is 31.0 Å². The number of hydrogen-bond donors (Lipinski definition) is 0. The number of amides is 1. The first-order valence-corrected chi connectivity index (χ1v) is 9.04. The van der Waals surface area contributed by atoms with Gasteiger partial charge in [0, 0.05) is 5.38 Å². The SMILES string of the molecule is Cc1csc(N(C(=O)CCOCc2ccccc2)c2ccccc2)n1. The molecule has 128 valence electrons. The Morgan fingerprint density at radius 3 is 2.40 bits per heavy atom. The van der Waals surface area contributed by atoms with Gasteiger partial charge in [0.1, 0.15) is 0 Å². The van der Waals surface area contributed by atoms with Crippen molar-refractivity contribution in [3.63, 3.8) is 0 Å². The van der Waals surface area contributed by atoms with Crippen molar-refractivity contribution in [1.29, 1.82) is 0 Å². The van der Waals surface area contributed by atoms with Gasteiger partial charge in [-0.2, -0.15) is 0 Å². The zero-order valence-corrected chi connectivity index (χ0v) is 14.9. The van der Waals surface area contributed by atoms with Gasteiger partial charge in [-0.05, 0) is 24.6 Å². The molecular formula is C20H20N2O2S. The lowest BCUT2D eigenvalue weighted by molar-refractivity contribution is -0.119. The molecule has 0 saturated heterocycles. The number of nitrogens with zero attached hydrogens (tertiary/aromatic N) is 2. The van der Waals surface area contributed by atoms with E-state index in [9.17, 15) is 4.79 Å². The Kier molecular flexibility index (Phi) is 5.93. The molecule has 0 aliphatic heterocycles. The van der Waals surface area contributed by atoms with Crippen molar-refractivity contribution in [3.05, 3.63) is 77.3 Å². The fraction of sp³-hybridized carbons (Fsp3) is 0.200. The maximum absolute atomic E-state index is 12.8. The van der Waals surface area contributed by atoms with Crippen molar-refractivity contribution in [3.8, 4) is 0 Å². The number of anilines is 2. The first-order valence-electron chi connectivity index (χ1n) is 8.16. The Morgan fingerprint density at radius 2 is 1.76 bits per heavy atom. The second-order valence-corrected chi connectivity index (χ2v) is 6.46. The highest BCUT2D eigenvalue weighted by atomic mass is 32.1. The van der Waals surface area contributed by atoms with Crippen LogP contribution in [0.5, 0.6) is 0 Å². The Bertz CT molecular complexity index is 803. The van der Waals surface area contributed by atoms with Gasteiger partial charge in [0.25, 0.3) is 0 Å². The van der Waals surface area contributed by atoms with Crippen molar-refractivity contribution < 1.29 is 9.53 Å². The number of hydrogen-bond acceptors (Lipinski definition) is 4. The number of thiazole rings is 1. The van der Waals surface area contributed by atoms with Gasteiger partial charge in [-0.15, -0.1) is 11.3 Å². The van der Waals surface area contributed by atoms with Crippen LogP contribution < -0.4 is 4.90 Å². The minimum absolute atomic E-state index is 0.0198. The normalized spacial score (nSPS) is 10.6. The predicted octanol–water partition coefficient (Wildman–Crippen LogP) is 4.72. The summed E-state index contributed by atoms with van der Waals surface area (Å²) in [7, 11) is 0. The van der Waals surface area contributed by atoms with Gasteiger partial charge in [0.2, 0.25) is 5.91 Å². The monoisotopic (exact) mass is 352 g/mol. The van der Waals surface area contributed by atoms with Crippen molar-refractivity contribution in [2.24, 2.45) is 0 Å². The van der Waals surface area contributed by atoms with Crippen LogP contribution in [0.2, 0.25) is 0 Å². The number of benzene rings is 2. The summed E-state index contributed by atoms with van der Waals surface area (Å²) in [6.07, 6.45) is 0.306. The Balaban J connectivity index is 1.63. The molecule has 0 bridgehead atoms. The van der Waals surface area contributed by atoms with Gasteiger partial charge in [-0.25, -0.2) is 4.98 Å². The van der Waals surface area contributed by atoms with Crippen LogP contribution in [0.4, 0.5) is 10.8 Å². The van der Waals surface area contributed by atoms with Gasteiger partial charge in [-0.1, -0.05) is 48.5 Å². The topological polar surface area (TPSA) is 42.4 Å². The van der Waals surface area contributed by atoms with Gasteiger partial charge < -0.3 is 4.74 Å². The summed E-state index contributed by atoms with van der Waals surface area (Å²) in [5, 5.41) is 2.64. The fourth-order valence-corrected chi connectivity index (χ4v) is 3.26. The van der Waals surface area contributed by atoms with E-state index in [1.807, 2.05) is 73.0 Å². The molecule has 0 N–H and O–H groups in total. The van der Waals surface area contributed by atoms with Crippen molar-refractivity contribution in [2.75, 3.05) is 11.5 Å². The number of ether oxygens (including phenoxy) is 1. The molecule has 25 heavy (non-hydrogen) atoms. The van der Waals surface area contributed by atoms with E-state index in [4.69, 9.17) is 4.74 Å². The summed E-state index contributed by atoms with van der Waals surface area (Å²) in [5.74, 6) is -0.0198. The highest BCUT2D eigenvalue weighted by molar-refractivity contribution is 7.14. The third kappa shape index (κ3) is 4.75. The van der Waals surface area contributed by atoms with Crippen LogP contribution >= 0.6 is 11.3 Å². The highest BCUT2D eigenvalue weighted by Gasteiger charge is 2.20. The maximum atomic E-state index is 12.8. The second kappa shape index (κ2) is 8.55. The van der Waals surface area contributed by atoms with Crippen molar-refractivity contribution >= 4 is 28.1 Å². The van der Waals surface area contributed by atoms with Crippen molar-refractivity contribution in [1.82, 2.24) is 4.98 Å². The van der Waals surface area contributed by atoms with Crippen LogP contribution in [0.15, 0.2) is 66.0 Å². The smallest absolute Gasteiger partial charge is 0.235 e. The first kappa shape index (κ1) is 17.3. The van der Waals surface area contributed by atoms with E-state index in [1.165, 1.54) is 11.3 Å². The zero-order chi connectivity index (χ0) is 17.5. The molecule has 0 atom stereocenters. The number of aromatic nitrogens is 1. The number of carbonyl (C=O) groups is 1. The molecule has 0 fully saturated rings. The lowest BCUT2D eigenvalue weighted by atomic mass is 10.2. The molecule has 1 aromatic heterocycles. The lowest BCUT2D eigenvalue weighted by Crippen LogP contribution is -2.26. The summed E-state index contributed by atoms with van der Waals surface area (Å²) >= 11 is 1.47. The summed E-state index contributed by atoms with van der Waals surface area (Å²) in [4.78, 5) is 18.9. The standard InChI is InChI=1S/C20H20N2O2S/c1-16-15-25-20(21-16)22(18-10-6-3-7-11-18)19(23)12-13-24-14-17-8-4-2-5-9-17/h2-11,15H,12-14H2,1H3. The minimum atomic E-state index is -0.0198. The average molecular weight is 352 g/mol. The third-order valence-electron chi connectivity index (χ3n) is 3.63. The van der Waals surface area contributed by atoms with Crippen LogP contribution in [0.1, 0.15) is 17.7 Å². The van der Waals surface area contributed by atoms with E-state index in [-0.39, 0.29) is 5.91 Å². The molecule has 0 radical (unpaired) electrons. The molecule has 1 amide bonds. The number of aryl methyl sites for hydroxylation is 1. The quantitative estimate of drug-likeness (QED) is 0.578. The summed E-state index contributed by atoms with van der Waals surface area (Å²) in [6.45, 7) is 2.81. The van der Waals surface area contributed by atoms with E-state index in [0.717, 1.165) is 16.9 Å². The highest BCUT2D eigenvalue weighted by Crippen LogP contribution is 2.29. The average Bonchev–Trinajstić information content (AvgIpc) is 3.07. The van der Waals surface area contributed by atoms with E-state index in [0.29, 0.717) is 24.8 Å². The van der Waals surface area contributed by atoms with Gasteiger partial charge in [0.15, 0.2) is 5.13 Å². The molecule has 4 nitrogen and oxygen atoms in total. The van der Waals surface area contributed by atoms with Crippen molar-refractivity contribution in [2.45, 2.75) is 20.0 Å². The number of para-hydroxylation sites is 1. The van der Waals surface area contributed by atoms with Crippen LogP contribution in [-0.4, -0.2) is 17.5 Å². The van der Waals surface area contributed by atoms with Crippen LogP contribution in [-0.2, 0) is 16.1 Å². The maximum Gasteiger partial charge on any atom is 0.235 e. The van der Waals surface area contributed by atoms with E-state index < -0.39 is 0 Å². The van der Waals surface area contributed by atoms with Crippen LogP contribution in [0, 0.1) is 6.92 Å². The second-order valence-electron chi connectivity index (χ2n) is 5.62. The Hall–Kier alpha value is -2.50. The molecule has 3 rings (SSSR count).